The Labute approximate surface area is 180 Å². The van der Waals surface area contributed by atoms with Crippen LogP contribution in [0.4, 0.5) is 0 Å². The third kappa shape index (κ3) is 4.05. The van der Waals surface area contributed by atoms with Crippen LogP contribution in [-0.2, 0) is 19.3 Å². The van der Waals surface area contributed by atoms with Gasteiger partial charge in [-0.3, -0.25) is 19.3 Å². The van der Waals surface area contributed by atoms with Crippen molar-refractivity contribution < 1.29 is 19.3 Å². The summed E-state index contributed by atoms with van der Waals surface area (Å²) in [7, 11) is 1.49. The van der Waals surface area contributed by atoms with Gasteiger partial charge in [-0.1, -0.05) is 38.0 Å². The molecule has 0 radical (unpaired) electrons. The van der Waals surface area contributed by atoms with Crippen LogP contribution >= 0.6 is 0 Å². The minimum Gasteiger partial charge on any atom is -0.299 e. The van der Waals surface area contributed by atoms with Crippen LogP contribution in [0, 0.1) is 26.7 Å². The second-order valence-electron chi connectivity index (χ2n) is 9.08. The number of piperidine rings is 1. The van der Waals surface area contributed by atoms with Gasteiger partial charge in [-0.2, -0.15) is 5.06 Å². The standard InChI is InChI=1S/C24H36N2O4/c1-7-8-16(2)15-30-25-11-9-24(10-12-25)22(27)21(23(28)26(24)29-6)20-18(4)13-17(3)14-19(20)5/h13-14,16,21H,7-12,15H2,1-6H3. The Morgan fingerprint density at radius 3 is 2.27 bits per heavy atom. The summed E-state index contributed by atoms with van der Waals surface area (Å²) in [4.78, 5) is 38.5. The fraction of sp³-hybridized carbons (Fsp3) is 0.667. The van der Waals surface area contributed by atoms with Crippen molar-refractivity contribution in [1.29, 1.82) is 0 Å². The highest BCUT2D eigenvalue weighted by Crippen LogP contribution is 2.44. The van der Waals surface area contributed by atoms with E-state index in [9.17, 15) is 9.59 Å². The molecule has 2 aliphatic rings. The van der Waals surface area contributed by atoms with Gasteiger partial charge in [0.05, 0.1) is 13.7 Å². The van der Waals surface area contributed by atoms with E-state index in [0.717, 1.165) is 35.1 Å². The molecule has 0 bridgehead atoms. The Kier molecular flexibility index (Phi) is 7.00. The van der Waals surface area contributed by atoms with Crippen molar-refractivity contribution in [2.24, 2.45) is 5.92 Å². The average molecular weight is 417 g/mol. The lowest BCUT2D eigenvalue weighted by molar-refractivity contribution is -0.228. The zero-order valence-corrected chi connectivity index (χ0v) is 19.3. The maximum Gasteiger partial charge on any atom is 0.262 e. The van der Waals surface area contributed by atoms with Crippen molar-refractivity contribution in [1.82, 2.24) is 10.1 Å². The van der Waals surface area contributed by atoms with E-state index in [1.807, 2.05) is 38.0 Å². The molecule has 166 valence electrons. The molecule has 1 amide bonds. The van der Waals surface area contributed by atoms with Crippen LogP contribution in [0.5, 0.6) is 0 Å². The van der Waals surface area contributed by atoms with Crippen LogP contribution in [-0.4, -0.2) is 54.2 Å². The maximum atomic E-state index is 13.7. The van der Waals surface area contributed by atoms with Crippen LogP contribution in [0.3, 0.4) is 0 Å². The molecule has 0 N–H and O–H groups in total. The molecule has 6 nitrogen and oxygen atoms in total. The van der Waals surface area contributed by atoms with Gasteiger partial charge in [-0.15, -0.1) is 0 Å². The second kappa shape index (κ2) is 9.16. The number of hydrogen-bond donors (Lipinski definition) is 0. The van der Waals surface area contributed by atoms with Crippen LogP contribution < -0.4 is 0 Å². The number of aryl methyl sites for hydroxylation is 3. The third-order valence-electron chi connectivity index (χ3n) is 6.64. The summed E-state index contributed by atoms with van der Waals surface area (Å²) in [5, 5.41) is 3.30. The van der Waals surface area contributed by atoms with Crippen molar-refractivity contribution in [3.05, 3.63) is 34.4 Å². The number of hydrogen-bond acceptors (Lipinski definition) is 5. The van der Waals surface area contributed by atoms with Crippen LogP contribution in [0.1, 0.15) is 67.7 Å². The largest absolute Gasteiger partial charge is 0.299 e. The Morgan fingerprint density at radius 2 is 1.73 bits per heavy atom. The van der Waals surface area contributed by atoms with Crippen molar-refractivity contribution in [2.45, 2.75) is 71.8 Å². The number of Topliss-reactive ketones (excluding diaryl/α,β-unsaturated/α-hetero) is 1. The molecule has 1 aromatic rings. The smallest absolute Gasteiger partial charge is 0.262 e. The molecule has 30 heavy (non-hydrogen) atoms. The zero-order chi connectivity index (χ0) is 22.1. The van der Waals surface area contributed by atoms with E-state index in [-0.39, 0.29) is 11.7 Å². The molecule has 3 rings (SSSR count). The second-order valence-corrected chi connectivity index (χ2v) is 9.08. The van der Waals surface area contributed by atoms with Crippen LogP contribution in [0.15, 0.2) is 12.1 Å². The highest BCUT2D eigenvalue weighted by Gasteiger charge is 2.60. The lowest BCUT2D eigenvalue weighted by atomic mass is 9.79. The molecule has 2 atom stereocenters. The summed E-state index contributed by atoms with van der Waals surface area (Å²) in [6.45, 7) is 12.3. The first-order chi connectivity index (χ1) is 14.2. The van der Waals surface area contributed by atoms with Crippen molar-refractivity contribution in [2.75, 3.05) is 26.8 Å². The van der Waals surface area contributed by atoms with E-state index >= 15 is 0 Å². The molecular formula is C24H36N2O4. The molecule has 1 spiro atoms. The van der Waals surface area contributed by atoms with Gasteiger partial charge in [0.15, 0.2) is 5.78 Å². The van der Waals surface area contributed by atoms with Gasteiger partial charge in [0.1, 0.15) is 11.5 Å². The lowest BCUT2D eigenvalue weighted by Crippen LogP contribution is -2.56. The molecule has 2 aliphatic heterocycles. The number of ketones is 1. The molecular weight excluding hydrogens is 380 g/mol. The predicted octanol–water partition coefficient (Wildman–Crippen LogP) is 3.87. The topological polar surface area (TPSA) is 59.1 Å². The van der Waals surface area contributed by atoms with Gasteiger partial charge in [-0.05, 0) is 62.6 Å². The third-order valence-corrected chi connectivity index (χ3v) is 6.64. The van der Waals surface area contributed by atoms with Crippen molar-refractivity contribution in [3.8, 4) is 0 Å². The first-order valence-corrected chi connectivity index (χ1v) is 11.1. The van der Waals surface area contributed by atoms with Crippen molar-refractivity contribution in [3.63, 3.8) is 0 Å². The predicted molar refractivity (Wildman–Crippen MR) is 116 cm³/mol. The highest BCUT2D eigenvalue weighted by atomic mass is 16.7. The zero-order valence-electron chi connectivity index (χ0n) is 19.3. The monoisotopic (exact) mass is 416 g/mol. The van der Waals surface area contributed by atoms with Crippen LogP contribution in [0.25, 0.3) is 0 Å². The normalized spacial score (nSPS) is 22.9. The Bertz CT molecular complexity index is 775. The Morgan fingerprint density at radius 1 is 1.13 bits per heavy atom. The molecule has 2 saturated heterocycles. The number of benzene rings is 1. The maximum absolute atomic E-state index is 13.7. The Hall–Kier alpha value is -1.76. The van der Waals surface area contributed by atoms with E-state index in [1.54, 1.807) is 0 Å². The fourth-order valence-corrected chi connectivity index (χ4v) is 5.22. The van der Waals surface area contributed by atoms with Crippen LogP contribution in [0.2, 0.25) is 0 Å². The molecule has 2 unspecified atom stereocenters. The van der Waals surface area contributed by atoms with E-state index in [1.165, 1.54) is 12.2 Å². The van der Waals surface area contributed by atoms with Gasteiger partial charge in [-0.25, -0.2) is 5.06 Å². The molecule has 0 saturated carbocycles. The minimum absolute atomic E-state index is 0.0385. The SMILES string of the molecule is CCCC(C)CON1CCC2(CC1)C(=O)C(c1c(C)cc(C)cc1C)C(=O)N2OC. The average Bonchev–Trinajstić information content (AvgIpc) is 2.88. The molecule has 6 heteroatoms. The highest BCUT2D eigenvalue weighted by molar-refractivity contribution is 6.17. The molecule has 2 heterocycles. The summed E-state index contributed by atoms with van der Waals surface area (Å²) < 4.78 is 0. The van der Waals surface area contributed by atoms with Gasteiger partial charge in [0.2, 0.25) is 0 Å². The van der Waals surface area contributed by atoms with Crippen molar-refractivity contribution >= 4 is 11.7 Å². The van der Waals surface area contributed by atoms with E-state index in [4.69, 9.17) is 9.68 Å². The van der Waals surface area contributed by atoms with Gasteiger partial charge < -0.3 is 0 Å². The first kappa shape index (κ1) is 22.9. The summed E-state index contributed by atoms with van der Waals surface area (Å²) in [5.41, 5.74) is 3.03. The summed E-state index contributed by atoms with van der Waals surface area (Å²) in [5.74, 6) is -0.567. The number of carbonyl (C=O) groups excluding carboxylic acids is 2. The molecule has 0 aliphatic carbocycles. The number of rotatable bonds is 7. The van der Waals surface area contributed by atoms with Gasteiger partial charge >= 0.3 is 0 Å². The molecule has 2 fully saturated rings. The quantitative estimate of drug-likeness (QED) is 0.632. The molecule has 1 aromatic carbocycles. The summed E-state index contributed by atoms with van der Waals surface area (Å²) >= 11 is 0. The van der Waals surface area contributed by atoms with E-state index in [2.05, 4.69) is 13.8 Å². The number of carbonyl (C=O) groups is 2. The fourth-order valence-electron chi connectivity index (χ4n) is 5.22. The minimum atomic E-state index is -0.908. The van der Waals surface area contributed by atoms with E-state index < -0.39 is 11.5 Å². The Balaban J connectivity index is 1.80. The molecule has 0 aromatic heterocycles. The van der Waals surface area contributed by atoms with E-state index in [0.29, 0.717) is 38.5 Å². The summed E-state index contributed by atoms with van der Waals surface area (Å²) in [6, 6.07) is 4.08. The van der Waals surface area contributed by atoms with Gasteiger partial charge in [0, 0.05) is 13.1 Å². The lowest BCUT2D eigenvalue weighted by Gasteiger charge is -2.41. The first-order valence-electron chi connectivity index (χ1n) is 11.1. The number of hydroxylamine groups is 4. The number of amides is 1. The number of nitrogens with zero attached hydrogens (tertiary/aromatic N) is 2. The summed E-state index contributed by atoms with van der Waals surface area (Å²) in [6.07, 6.45) is 3.33. The van der Waals surface area contributed by atoms with Gasteiger partial charge in [0.25, 0.3) is 5.91 Å².